The van der Waals surface area contributed by atoms with Crippen molar-refractivity contribution in [2.24, 2.45) is 0 Å². The van der Waals surface area contributed by atoms with Gasteiger partial charge in [0.15, 0.2) is 0 Å². The van der Waals surface area contributed by atoms with Crippen LogP contribution in [-0.2, 0) is 15.3 Å². The lowest BCUT2D eigenvalue weighted by molar-refractivity contribution is -0.213. The molecule has 0 radical (unpaired) electrons. The van der Waals surface area contributed by atoms with Crippen molar-refractivity contribution in [3.05, 3.63) is 59.2 Å². The zero-order chi connectivity index (χ0) is 21.7. The maximum atomic E-state index is 13.0. The van der Waals surface area contributed by atoms with Crippen molar-refractivity contribution in [3.8, 4) is 0 Å². The quantitative estimate of drug-likeness (QED) is 0.482. The summed E-state index contributed by atoms with van der Waals surface area (Å²) in [6, 6.07) is 9.76. The largest absolute Gasteiger partial charge is 0.491 e. The molecule has 3 aromatic rings. The highest BCUT2D eigenvalue weighted by Crippen LogP contribution is 2.40. The number of esters is 1. The van der Waals surface area contributed by atoms with Gasteiger partial charge in [-0.1, -0.05) is 24.3 Å². The molecule has 0 spiro atoms. The van der Waals surface area contributed by atoms with Crippen molar-refractivity contribution in [2.75, 3.05) is 5.32 Å². The SMILES string of the molecule is O=C(O)Nc1nc2ccc(C3(OC(=O)C(F)(F)F)NC(=O)c4ccccc43)cc2[nH]1. The predicted octanol–water partition coefficient (Wildman–Crippen LogP) is 2.70. The lowest BCUT2D eigenvalue weighted by Gasteiger charge is -2.30. The van der Waals surface area contributed by atoms with Gasteiger partial charge in [0.05, 0.1) is 11.0 Å². The Morgan fingerprint density at radius 2 is 1.90 bits per heavy atom. The first-order chi connectivity index (χ1) is 14.1. The Morgan fingerprint density at radius 1 is 1.17 bits per heavy atom. The molecular formula is C18H11F3N4O5. The average Bonchev–Trinajstić information content (AvgIpc) is 3.19. The first-order valence-corrected chi connectivity index (χ1v) is 8.32. The van der Waals surface area contributed by atoms with Crippen molar-refractivity contribution in [2.45, 2.75) is 11.9 Å². The number of imidazole rings is 1. The van der Waals surface area contributed by atoms with Crippen LogP contribution < -0.4 is 10.6 Å². The minimum Gasteiger partial charge on any atom is -0.465 e. The fraction of sp³-hybridized carbons (Fsp3) is 0.111. The van der Waals surface area contributed by atoms with Crippen LogP contribution in [0.2, 0.25) is 0 Å². The fourth-order valence-electron chi connectivity index (χ4n) is 3.24. The monoisotopic (exact) mass is 420 g/mol. The van der Waals surface area contributed by atoms with E-state index in [0.717, 1.165) is 0 Å². The Hall–Kier alpha value is -4.09. The van der Waals surface area contributed by atoms with Gasteiger partial charge in [-0.25, -0.2) is 14.6 Å². The molecule has 0 bridgehead atoms. The second-order valence-electron chi connectivity index (χ2n) is 6.32. The Labute approximate surface area is 164 Å². The third-order valence-electron chi connectivity index (χ3n) is 4.43. The van der Waals surface area contributed by atoms with Crippen LogP contribution >= 0.6 is 0 Å². The molecule has 1 aromatic heterocycles. The Balaban J connectivity index is 1.88. The molecular weight excluding hydrogens is 409 g/mol. The van der Waals surface area contributed by atoms with Crippen LogP contribution in [0.4, 0.5) is 23.9 Å². The van der Waals surface area contributed by atoms with Crippen molar-refractivity contribution < 1.29 is 37.4 Å². The van der Waals surface area contributed by atoms with E-state index in [1.54, 1.807) is 0 Å². The maximum absolute atomic E-state index is 13.0. The van der Waals surface area contributed by atoms with Crippen molar-refractivity contribution in [3.63, 3.8) is 0 Å². The van der Waals surface area contributed by atoms with Crippen LogP contribution in [0.25, 0.3) is 11.0 Å². The van der Waals surface area contributed by atoms with Crippen molar-refractivity contribution >= 4 is 35.0 Å². The van der Waals surface area contributed by atoms with Gasteiger partial charge in [-0.05, 0) is 18.2 Å². The lowest BCUT2D eigenvalue weighted by Crippen LogP contribution is -2.47. The molecule has 30 heavy (non-hydrogen) atoms. The van der Waals surface area contributed by atoms with Gasteiger partial charge >= 0.3 is 18.2 Å². The number of fused-ring (bicyclic) bond motifs is 2. The molecule has 9 nitrogen and oxygen atoms in total. The molecule has 1 aliphatic rings. The number of nitrogens with one attached hydrogen (secondary N) is 3. The summed E-state index contributed by atoms with van der Waals surface area (Å²) in [5.41, 5.74) is -1.65. The summed E-state index contributed by atoms with van der Waals surface area (Å²) in [5, 5.41) is 13.1. The summed E-state index contributed by atoms with van der Waals surface area (Å²) in [4.78, 5) is 41.5. The zero-order valence-electron chi connectivity index (χ0n) is 14.7. The molecule has 4 N–H and O–H groups in total. The minimum absolute atomic E-state index is 0.00331. The number of alkyl halides is 3. The van der Waals surface area contributed by atoms with Crippen LogP contribution in [0, 0.1) is 0 Å². The maximum Gasteiger partial charge on any atom is 0.491 e. The second kappa shape index (κ2) is 6.47. The van der Waals surface area contributed by atoms with E-state index in [0.29, 0.717) is 0 Å². The number of anilines is 1. The second-order valence-corrected chi connectivity index (χ2v) is 6.32. The first-order valence-electron chi connectivity index (χ1n) is 8.32. The summed E-state index contributed by atoms with van der Waals surface area (Å²) in [6.07, 6.45) is -6.67. The molecule has 0 saturated carbocycles. The highest BCUT2D eigenvalue weighted by molar-refractivity contribution is 6.01. The topological polar surface area (TPSA) is 133 Å². The molecule has 4 rings (SSSR count). The first kappa shape index (κ1) is 19.2. The normalized spacial score (nSPS) is 18.0. The molecule has 0 saturated heterocycles. The number of nitrogens with zero attached hydrogens (tertiary/aromatic N) is 1. The molecule has 2 amide bonds. The van der Waals surface area contributed by atoms with E-state index in [1.165, 1.54) is 42.5 Å². The van der Waals surface area contributed by atoms with Gasteiger partial charge in [0.2, 0.25) is 11.7 Å². The highest BCUT2D eigenvalue weighted by Gasteiger charge is 2.53. The van der Waals surface area contributed by atoms with Gasteiger partial charge in [0.25, 0.3) is 5.91 Å². The summed E-state index contributed by atoms with van der Waals surface area (Å²) in [5.74, 6) is -3.33. The number of H-pyrrole nitrogens is 1. The van der Waals surface area contributed by atoms with Crippen LogP contribution in [0.15, 0.2) is 42.5 Å². The standard InChI is InChI=1S/C18H11F3N4O5/c19-18(20,21)14(27)30-17(10-4-2-1-3-9(10)13(26)25-17)8-5-6-11-12(7-8)23-15(22-11)24-16(28)29/h1-7H,(H,25,26)(H,28,29)(H2,22,23,24). The number of halogens is 3. The molecule has 2 heterocycles. The molecule has 1 atom stereocenters. The third-order valence-corrected chi connectivity index (χ3v) is 4.43. The number of hydrogen-bond donors (Lipinski definition) is 4. The van der Waals surface area contributed by atoms with Gasteiger partial charge in [-0.2, -0.15) is 13.2 Å². The van der Waals surface area contributed by atoms with E-state index in [9.17, 15) is 27.6 Å². The van der Waals surface area contributed by atoms with E-state index >= 15 is 0 Å². The van der Waals surface area contributed by atoms with Crippen LogP contribution in [0.3, 0.4) is 0 Å². The van der Waals surface area contributed by atoms with Crippen LogP contribution in [-0.4, -0.2) is 39.2 Å². The number of amides is 2. The summed E-state index contributed by atoms with van der Waals surface area (Å²) >= 11 is 0. The van der Waals surface area contributed by atoms with E-state index in [4.69, 9.17) is 9.84 Å². The number of benzene rings is 2. The van der Waals surface area contributed by atoms with E-state index in [1.807, 2.05) is 5.32 Å². The number of carboxylic acid groups (broad SMARTS) is 1. The molecule has 0 aliphatic carbocycles. The number of carbonyl (C=O) groups excluding carboxylic acids is 2. The smallest absolute Gasteiger partial charge is 0.465 e. The fourth-order valence-corrected chi connectivity index (χ4v) is 3.24. The number of ether oxygens (including phenoxy) is 1. The number of aromatic amines is 1. The molecule has 12 heteroatoms. The predicted molar refractivity (Wildman–Crippen MR) is 94.6 cm³/mol. The summed E-state index contributed by atoms with van der Waals surface area (Å²) in [7, 11) is 0. The van der Waals surface area contributed by atoms with E-state index < -0.39 is 29.9 Å². The molecule has 2 aromatic carbocycles. The minimum atomic E-state index is -5.30. The Morgan fingerprint density at radius 3 is 2.60 bits per heavy atom. The number of aromatic nitrogens is 2. The lowest BCUT2D eigenvalue weighted by atomic mass is 9.94. The molecule has 1 unspecified atom stereocenters. The van der Waals surface area contributed by atoms with Gasteiger partial charge in [0, 0.05) is 16.7 Å². The Bertz CT molecular complexity index is 1210. The number of rotatable bonds is 3. The van der Waals surface area contributed by atoms with Gasteiger partial charge < -0.3 is 20.1 Å². The summed E-state index contributed by atoms with van der Waals surface area (Å²) in [6.45, 7) is 0. The van der Waals surface area contributed by atoms with Crippen molar-refractivity contribution in [1.82, 2.24) is 15.3 Å². The van der Waals surface area contributed by atoms with Gasteiger partial charge in [-0.15, -0.1) is 0 Å². The highest BCUT2D eigenvalue weighted by atomic mass is 19.4. The zero-order valence-corrected chi connectivity index (χ0v) is 14.7. The van der Waals surface area contributed by atoms with Crippen LogP contribution in [0.1, 0.15) is 21.5 Å². The molecule has 154 valence electrons. The molecule has 0 fully saturated rings. The summed E-state index contributed by atoms with van der Waals surface area (Å²) < 4.78 is 43.7. The average molecular weight is 420 g/mol. The molecule has 1 aliphatic heterocycles. The van der Waals surface area contributed by atoms with E-state index in [2.05, 4.69) is 15.3 Å². The van der Waals surface area contributed by atoms with Crippen molar-refractivity contribution in [1.29, 1.82) is 0 Å². The van der Waals surface area contributed by atoms with E-state index in [-0.39, 0.29) is 33.7 Å². The number of carbonyl (C=O) groups is 3. The van der Waals surface area contributed by atoms with Crippen LogP contribution in [0.5, 0.6) is 0 Å². The Kier molecular flexibility index (Phi) is 4.15. The van der Waals surface area contributed by atoms with Gasteiger partial charge in [0.1, 0.15) is 0 Å². The van der Waals surface area contributed by atoms with Gasteiger partial charge in [-0.3, -0.25) is 10.1 Å². The number of hydrogen-bond acceptors (Lipinski definition) is 5. The third kappa shape index (κ3) is 3.07.